The molecule has 0 saturated carbocycles. The van der Waals surface area contributed by atoms with Crippen LogP contribution < -0.4 is 10.1 Å². The third-order valence-corrected chi connectivity index (χ3v) is 5.67. The van der Waals surface area contributed by atoms with Crippen LogP contribution in [0.15, 0.2) is 78.9 Å². The fourth-order valence-corrected chi connectivity index (χ4v) is 3.99. The van der Waals surface area contributed by atoms with Gasteiger partial charge >= 0.3 is 0 Å². The molecule has 0 aliphatic carbocycles. The van der Waals surface area contributed by atoms with Crippen LogP contribution in [0.3, 0.4) is 0 Å². The standard InChI is InChI=1S/C27H28Cl2N2O3/c1-19(2)30-27(33)24(15-20-9-5-3-6-10-20)31(17-21-11-7-4-8-12-21)26(32)18-34-25-14-13-22(28)16-23(25)29/h3-14,16,19,24H,15,17-18H2,1-2H3,(H,30,33)/t24-/m0/s1. The number of halogens is 2. The highest BCUT2D eigenvalue weighted by atomic mass is 35.5. The Morgan fingerprint density at radius 1 is 0.912 bits per heavy atom. The van der Waals surface area contributed by atoms with Gasteiger partial charge in [0.2, 0.25) is 5.91 Å². The van der Waals surface area contributed by atoms with Crippen molar-refractivity contribution < 1.29 is 14.3 Å². The Labute approximate surface area is 210 Å². The molecule has 1 N–H and O–H groups in total. The quantitative estimate of drug-likeness (QED) is 0.399. The molecule has 3 aromatic rings. The number of nitrogens with one attached hydrogen (secondary N) is 1. The first-order valence-corrected chi connectivity index (χ1v) is 11.8. The molecule has 0 fully saturated rings. The average molecular weight is 499 g/mol. The number of benzene rings is 3. The Morgan fingerprint density at radius 2 is 1.53 bits per heavy atom. The van der Waals surface area contributed by atoms with E-state index in [9.17, 15) is 9.59 Å². The van der Waals surface area contributed by atoms with Crippen LogP contribution >= 0.6 is 23.2 Å². The predicted molar refractivity (Wildman–Crippen MR) is 136 cm³/mol. The summed E-state index contributed by atoms with van der Waals surface area (Å²) in [6.07, 6.45) is 0.375. The van der Waals surface area contributed by atoms with Gasteiger partial charge in [0.15, 0.2) is 6.61 Å². The van der Waals surface area contributed by atoms with Crippen LogP contribution in [-0.2, 0) is 22.6 Å². The molecule has 0 bridgehead atoms. The molecular formula is C27H28Cl2N2O3. The first kappa shape index (κ1) is 25.6. The first-order valence-electron chi connectivity index (χ1n) is 11.1. The molecule has 7 heteroatoms. The Balaban J connectivity index is 1.89. The zero-order chi connectivity index (χ0) is 24.5. The van der Waals surface area contributed by atoms with Crippen LogP contribution in [0.4, 0.5) is 0 Å². The number of hydrogen-bond acceptors (Lipinski definition) is 3. The molecule has 1 atom stereocenters. The maximum Gasteiger partial charge on any atom is 0.261 e. The van der Waals surface area contributed by atoms with Gasteiger partial charge in [-0.2, -0.15) is 0 Å². The molecule has 0 aliphatic rings. The van der Waals surface area contributed by atoms with Gasteiger partial charge in [-0.1, -0.05) is 83.9 Å². The maximum absolute atomic E-state index is 13.5. The van der Waals surface area contributed by atoms with E-state index in [1.165, 1.54) is 0 Å². The summed E-state index contributed by atoms with van der Waals surface area (Å²) in [6, 6.07) is 23.3. The van der Waals surface area contributed by atoms with Crippen molar-refractivity contribution in [3.05, 3.63) is 100 Å². The van der Waals surface area contributed by atoms with E-state index < -0.39 is 6.04 Å². The fraction of sp³-hybridized carbons (Fsp3) is 0.259. The highest BCUT2D eigenvalue weighted by Gasteiger charge is 2.31. The van der Waals surface area contributed by atoms with Gasteiger partial charge in [0.25, 0.3) is 5.91 Å². The second-order valence-corrected chi connectivity index (χ2v) is 9.08. The second-order valence-electron chi connectivity index (χ2n) is 8.24. The molecule has 0 saturated heterocycles. The Hall–Kier alpha value is -3.02. The van der Waals surface area contributed by atoms with Crippen LogP contribution in [0, 0.1) is 0 Å². The van der Waals surface area contributed by atoms with E-state index in [1.807, 2.05) is 74.5 Å². The van der Waals surface area contributed by atoms with Gasteiger partial charge in [-0.25, -0.2) is 0 Å². The van der Waals surface area contributed by atoms with Crippen molar-refractivity contribution in [2.75, 3.05) is 6.61 Å². The molecule has 0 unspecified atom stereocenters. The van der Waals surface area contributed by atoms with Crippen LogP contribution in [0.2, 0.25) is 10.0 Å². The number of carbonyl (C=O) groups excluding carboxylic acids is 2. The van der Waals surface area contributed by atoms with E-state index in [1.54, 1.807) is 23.1 Å². The molecule has 3 rings (SSSR count). The SMILES string of the molecule is CC(C)NC(=O)[C@H](Cc1ccccc1)N(Cc1ccccc1)C(=O)COc1ccc(Cl)cc1Cl. The highest BCUT2D eigenvalue weighted by Crippen LogP contribution is 2.27. The monoisotopic (exact) mass is 498 g/mol. The van der Waals surface area contributed by atoms with E-state index in [4.69, 9.17) is 27.9 Å². The van der Waals surface area contributed by atoms with Crippen LogP contribution in [0.25, 0.3) is 0 Å². The molecular weight excluding hydrogens is 471 g/mol. The molecule has 5 nitrogen and oxygen atoms in total. The zero-order valence-corrected chi connectivity index (χ0v) is 20.7. The lowest BCUT2D eigenvalue weighted by Gasteiger charge is -2.32. The normalized spacial score (nSPS) is 11.7. The van der Waals surface area contributed by atoms with E-state index in [-0.39, 0.29) is 31.0 Å². The summed E-state index contributed by atoms with van der Waals surface area (Å²) in [5.74, 6) is -0.187. The Kier molecular flexibility index (Phi) is 9.37. The van der Waals surface area contributed by atoms with Gasteiger partial charge in [-0.05, 0) is 43.2 Å². The smallest absolute Gasteiger partial charge is 0.261 e. The van der Waals surface area contributed by atoms with Crippen LogP contribution in [-0.4, -0.2) is 35.4 Å². The molecule has 0 aliphatic heterocycles. The van der Waals surface area contributed by atoms with Crippen molar-refractivity contribution >= 4 is 35.0 Å². The van der Waals surface area contributed by atoms with Crippen LogP contribution in [0.1, 0.15) is 25.0 Å². The average Bonchev–Trinajstić information content (AvgIpc) is 2.81. The van der Waals surface area contributed by atoms with Gasteiger partial charge in [0, 0.05) is 24.0 Å². The van der Waals surface area contributed by atoms with Crippen molar-refractivity contribution in [2.24, 2.45) is 0 Å². The lowest BCUT2D eigenvalue weighted by Crippen LogP contribution is -2.52. The molecule has 0 heterocycles. The number of rotatable bonds is 10. The molecule has 0 radical (unpaired) electrons. The van der Waals surface area contributed by atoms with Gasteiger partial charge < -0.3 is 15.0 Å². The summed E-state index contributed by atoms with van der Waals surface area (Å²) in [5.41, 5.74) is 1.87. The molecule has 34 heavy (non-hydrogen) atoms. The van der Waals surface area contributed by atoms with Gasteiger partial charge in [-0.3, -0.25) is 9.59 Å². The minimum Gasteiger partial charge on any atom is -0.482 e. The Morgan fingerprint density at radius 3 is 2.12 bits per heavy atom. The Bertz CT molecular complexity index is 1090. The number of nitrogens with zero attached hydrogens (tertiary/aromatic N) is 1. The van der Waals surface area contributed by atoms with Crippen LogP contribution in [0.5, 0.6) is 5.75 Å². The topological polar surface area (TPSA) is 58.6 Å². The van der Waals surface area contributed by atoms with E-state index >= 15 is 0 Å². The number of amides is 2. The van der Waals surface area contributed by atoms with Crippen molar-refractivity contribution in [1.29, 1.82) is 0 Å². The molecule has 178 valence electrons. The van der Waals surface area contributed by atoms with Gasteiger partial charge in [-0.15, -0.1) is 0 Å². The summed E-state index contributed by atoms with van der Waals surface area (Å²) in [4.78, 5) is 28.3. The summed E-state index contributed by atoms with van der Waals surface area (Å²) >= 11 is 12.2. The largest absolute Gasteiger partial charge is 0.482 e. The second kappa shape index (κ2) is 12.4. The number of carbonyl (C=O) groups is 2. The minimum absolute atomic E-state index is 0.0661. The first-order chi connectivity index (χ1) is 16.3. The van der Waals surface area contributed by atoms with Crippen molar-refractivity contribution in [3.8, 4) is 5.75 Å². The number of hydrogen-bond donors (Lipinski definition) is 1. The highest BCUT2D eigenvalue weighted by molar-refractivity contribution is 6.35. The summed E-state index contributed by atoms with van der Waals surface area (Å²) in [5, 5.41) is 3.75. The molecule has 0 spiro atoms. The van der Waals surface area contributed by atoms with Crippen molar-refractivity contribution in [1.82, 2.24) is 10.2 Å². The molecule has 3 aromatic carbocycles. The van der Waals surface area contributed by atoms with Gasteiger partial charge in [0.05, 0.1) is 5.02 Å². The third kappa shape index (κ3) is 7.51. The zero-order valence-electron chi connectivity index (χ0n) is 19.2. The van der Waals surface area contributed by atoms with Crippen molar-refractivity contribution in [3.63, 3.8) is 0 Å². The van der Waals surface area contributed by atoms with E-state index in [0.717, 1.165) is 11.1 Å². The number of ether oxygens (including phenoxy) is 1. The third-order valence-electron chi connectivity index (χ3n) is 5.14. The van der Waals surface area contributed by atoms with E-state index in [2.05, 4.69) is 5.32 Å². The predicted octanol–water partition coefficient (Wildman–Crippen LogP) is 5.54. The summed E-state index contributed by atoms with van der Waals surface area (Å²) < 4.78 is 5.72. The lowest BCUT2D eigenvalue weighted by molar-refractivity contribution is -0.143. The maximum atomic E-state index is 13.5. The molecule has 2 amide bonds. The minimum atomic E-state index is -0.721. The fourth-order valence-electron chi connectivity index (χ4n) is 3.53. The van der Waals surface area contributed by atoms with E-state index in [0.29, 0.717) is 22.2 Å². The van der Waals surface area contributed by atoms with Crippen molar-refractivity contribution in [2.45, 2.75) is 38.9 Å². The van der Waals surface area contributed by atoms with Gasteiger partial charge in [0.1, 0.15) is 11.8 Å². The lowest BCUT2D eigenvalue weighted by atomic mass is 10.0. The molecule has 0 aromatic heterocycles. The summed E-state index contributed by atoms with van der Waals surface area (Å²) in [7, 11) is 0. The summed E-state index contributed by atoms with van der Waals surface area (Å²) in [6.45, 7) is 3.79.